The molecule has 2 fully saturated rings. The van der Waals surface area contributed by atoms with E-state index < -0.39 is 0 Å². The summed E-state index contributed by atoms with van der Waals surface area (Å²) in [6, 6.07) is 0. The summed E-state index contributed by atoms with van der Waals surface area (Å²) in [4.78, 5) is 2.80. The Balaban J connectivity index is 1.92. The molecule has 0 bridgehead atoms. The minimum absolute atomic E-state index is 0.291. The Morgan fingerprint density at radius 3 is 2.44 bits per heavy atom. The average Bonchev–Trinajstić information content (AvgIpc) is 3.13. The van der Waals surface area contributed by atoms with Gasteiger partial charge in [-0.3, -0.25) is 4.90 Å². The van der Waals surface area contributed by atoms with Crippen molar-refractivity contribution < 1.29 is 0 Å². The first-order chi connectivity index (χ1) is 8.48. The molecule has 1 N–H and O–H groups in total. The molecule has 0 aromatic rings. The first-order valence-electron chi connectivity index (χ1n) is 7.98. The molecule has 0 spiro atoms. The highest BCUT2D eigenvalue weighted by molar-refractivity contribution is 5.06. The van der Waals surface area contributed by atoms with Crippen molar-refractivity contribution in [1.29, 1.82) is 0 Å². The zero-order chi connectivity index (χ0) is 13.2. The summed E-state index contributed by atoms with van der Waals surface area (Å²) < 4.78 is 0. The standard InChI is InChI=1S/C16H32N2/c1-5-6-7-8-11-18-13-15(2,3)17-12-16(18,4)14-9-10-14/h14,17H,5-13H2,1-4H3. The van der Waals surface area contributed by atoms with Crippen LogP contribution in [0, 0.1) is 5.92 Å². The van der Waals surface area contributed by atoms with Crippen LogP contribution in [0.2, 0.25) is 0 Å². The molecule has 1 aliphatic carbocycles. The lowest BCUT2D eigenvalue weighted by Crippen LogP contribution is -2.68. The number of unbranched alkanes of at least 4 members (excludes halogenated alkanes) is 3. The van der Waals surface area contributed by atoms with Gasteiger partial charge in [-0.25, -0.2) is 0 Å². The molecule has 0 radical (unpaired) electrons. The van der Waals surface area contributed by atoms with Crippen molar-refractivity contribution in [3.8, 4) is 0 Å². The molecule has 2 heteroatoms. The third-order valence-corrected chi connectivity index (χ3v) is 4.97. The second kappa shape index (κ2) is 5.50. The van der Waals surface area contributed by atoms with Gasteiger partial charge in [0.15, 0.2) is 0 Å². The fourth-order valence-electron chi connectivity index (χ4n) is 3.42. The quantitative estimate of drug-likeness (QED) is 0.729. The van der Waals surface area contributed by atoms with Crippen LogP contribution in [0.25, 0.3) is 0 Å². The van der Waals surface area contributed by atoms with E-state index >= 15 is 0 Å². The lowest BCUT2D eigenvalue weighted by Gasteiger charge is -2.52. The Bertz CT molecular complexity index is 270. The number of hydrogen-bond acceptors (Lipinski definition) is 2. The fourth-order valence-corrected chi connectivity index (χ4v) is 3.42. The predicted octanol–water partition coefficient (Wildman–Crippen LogP) is 3.42. The van der Waals surface area contributed by atoms with Gasteiger partial charge in [-0.1, -0.05) is 26.2 Å². The molecule has 2 nitrogen and oxygen atoms in total. The summed E-state index contributed by atoms with van der Waals surface area (Å²) in [5.74, 6) is 0.951. The maximum Gasteiger partial charge on any atom is 0.0334 e. The first kappa shape index (κ1) is 14.3. The average molecular weight is 252 g/mol. The van der Waals surface area contributed by atoms with E-state index in [-0.39, 0.29) is 0 Å². The molecule has 0 aromatic heterocycles. The topological polar surface area (TPSA) is 15.3 Å². The van der Waals surface area contributed by atoms with Gasteiger partial charge in [0.1, 0.15) is 0 Å². The van der Waals surface area contributed by atoms with Crippen LogP contribution in [-0.2, 0) is 0 Å². The fraction of sp³-hybridized carbons (Fsp3) is 1.00. The van der Waals surface area contributed by atoms with Crippen LogP contribution in [0.4, 0.5) is 0 Å². The maximum atomic E-state index is 3.76. The summed E-state index contributed by atoms with van der Waals surface area (Å²) in [6.45, 7) is 13.2. The highest BCUT2D eigenvalue weighted by Gasteiger charge is 2.49. The van der Waals surface area contributed by atoms with Crippen LogP contribution >= 0.6 is 0 Å². The van der Waals surface area contributed by atoms with Gasteiger partial charge in [0.2, 0.25) is 0 Å². The van der Waals surface area contributed by atoms with Gasteiger partial charge in [-0.15, -0.1) is 0 Å². The number of hydrogen-bond donors (Lipinski definition) is 1. The minimum atomic E-state index is 0.291. The molecule has 106 valence electrons. The van der Waals surface area contributed by atoms with Gasteiger partial charge in [-0.05, 0) is 52.5 Å². The van der Waals surface area contributed by atoms with Crippen molar-refractivity contribution >= 4 is 0 Å². The molecule has 1 saturated carbocycles. The Labute approximate surface area is 114 Å². The Hall–Kier alpha value is -0.0800. The van der Waals surface area contributed by atoms with E-state index in [1.807, 2.05) is 0 Å². The highest BCUT2D eigenvalue weighted by Crippen LogP contribution is 2.44. The molecule has 0 amide bonds. The lowest BCUT2D eigenvalue weighted by atomic mass is 9.86. The van der Waals surface area contributed by atoms with Gasteiger partial charge in [0.05, 0.1) is 0 Å². The first-order valence-corrected chi connectivity index (χ1v) is 7.98. The molecule has 2 rings (SSSR count). The van der Waals surface area contributed by atoms with E-state index in [1.165, 1.54) is 58.2 Å². The number of nitrogens with zero attached hydrogens (tertiary/aromatic N) is 1. The summed E-state index contributed by atoms with van der Waals surface area (Å²) >= 11 is 0. The van der Waals surface area contributed by atoms with Gasteiger partial charge in [0.25, 0.3) is 0 Å². The smallest absolute Gasteiger partial charge is 0.0334 e. The molecule has 2 aliphatic rings. The second-order valence-electron chi connectivity index (χ2n) is 7.35. The summed E-state index contributed by atoms with van der Waals surface area (Å²) in [7, 11) is 0. The van der Waals surface area contributed by atoms with E-state index in [9.17, 15) is 0 Å². The van der Waals surface area contributed by atoms with Gasteiger partial charge in [0, 0.05) is 24.2 Å². The van der Waals surface area contributed by atoms with Crippen LogP contribution in [0.1, 0.15) is 66.2 Å². The van der Waals surface area contributed by atoms with E-state index in [2.05, 4.69) is 37.9 Å². The van der Waals surface area contributed by atoms with Crippen molar-refractivity contribution in [2.24, 2.45) is 5.92 Å². The molecule has 18 heavy (non-hydrogen) atoms. The Morgan fingerprint density at radius 2 is 1.83 bits per heavy atom. The Kier molecular flexibility index (Phi) is 4.38. The van der Waals surface area contributed by atoms with Crippen molar-refractivity contribution in [3.05, 3.63) is 0 Å². The largest absolute Gasteiger partial charge is 0.309 e. The van der Waals surface area contributed by atoms with Crippen LogP contribution in [0.15, 0.2) is 0 Å². The highest BCUT2D eigenvalue weighted by atomic mass is 15.3. The number of rotatable bonds is 6. The molecule has 0 aromatic carbocycles. The third-order valence-electron chi connectivity index (χ3n) is 4.97. The normalized spacial score (nSPS) is 32.7. The van der Waals surface area contributed by atoms with E-state index in [4.69, 9.17) is 0 Å². The van der Waals surface area contributed by atoms with Gasteiger partial charge in [-0.2, -0.15) is 0 Å². The van der Waals surface area contributed by atoms with Crippen molar-refractivity contribution in [2.45, 2.75) is 77.3 Å². The number of piperazine rings is 1. The van der Waals surface area contributed by atoms with E-state index in [1.54, 1.807) is 0 Å². The molecule has 1 atom stereocenters. The molecule has 1 heterocycles. The van der Waals surface area contributed by atoms with E-state index in [0.717, 1.165) is 5.92 Å². The Morgan fingerprint density at radius 1 is 1.11 bits per heavy atom. The van der Waals surface area contributed by atoms with E-state index in [0.29, 0.717) is 11.1 Å². The monoisotopic (exact) mass is 252 g/mol. The zero-order valence-electron chi connectivity index (χ0n) is 12.9. The van der Waals surface area contributed by atoms with Crippen LogP contribution in [-0.4, -0.2) is 35.6 Å². The minimum Gasteiger partial charge on any atom is -0.309 e. The van der Waals surface area contributed by atoms with Crippen LogP contribution in [0.5, 0.6) is 0 Å². The van der Waals surface area contributed by atoms with Crippen LogP contribution in [0.3, 0.4) is 0 Å². The van der Waals surface area contributed by atoms with Crippen molar-refractivity contribution in [1.82, 2.24) is 10.2 Å². The van der Waals surface area contributed by atoms with Crippen LogP contribution < -0.4 is 5.32 Å². The maximum absolute atomic E-state index is 3.76. The predicted molar refractivity (Wildman–Crippen MR) is 78.9 cm³/mol. The van der Waals surface area contributed by atoms with Gasteiger partial charge >= 0.3 is 0 Å². The molecule has 1 saturated heterocycles. The molecular formula is C16H32N2. The third kappa shape index (κ3) is 3.27. The van der Waals surface area contributed by atoms with Gasteiger partial charge < -0.3 is 5.32 Å². The molecular weight excluding hydrogens is 220 g/mol. The van der Waals surface area contributed by atoms with Crippen molar-refractivity contribution in [3.63, 3.8) is 0 Å². The number of nitrogens with one attached hydrogen (secondary N) is 1. The molecule has 1 aliphatic heterocycles. The molecule has 1 unspecified atom stereocenters. The summed E-state index contributed by atoms with van der Waals surface area (Å²) in [5, 5.41) is 3.76. The SMILES string of the molecule is CCCCCCN1CC(C)(C)NCC1(C)C1CC1. The summed E-state index contributed by atoms with van der Waals surface area (Å²) in [5.41, 5.74) is 0.723. The van der Waals surface area contributed by atoms with Crippen molar-refractivity contribution in [2.75, 3.05) is 19.6 Å². The zero-order valence-corrected chi connectivity index (χ0v) is 12.9. The summed E-state index contributed by atoms with van der Waals surface area (Å²) in [6.07, 6.45) is 8.42. The lowest BCUT2D eigenvalue weighted by molar-refractivity contribution is 0.0107. The second-order valence-corrected chi connectivity index (χ2v) is 7.35.